The first-order valence-corrected chi connectivity index (χ1v) is 7.69. The predicted molar refractivity (Wildman–Crippen MR) is 91.9 cm³/mol. The van der Waals surface area contributed by atoms with Crippen molar-refractivity contribution in [1.29, 1.82) is 0 Å². The summed E-state index contributed by atoms with van der Waals surface area (Å²) >= 11 is 0. The number of amides is 1. The van der Waals surface area contributed by atoms with Crippen LogP contribution in [0.3, 0.4) is 0 Å². The highest BCUT2D eigenvalue weighted by Gasteiger charge is 2.19. The van der Waals surface area contributed by atoms with Gasteiger partial charge < -0.3 is 15.4 Å². The van der Waals surface area contributed by atoms with Gasteiger partial charge in [-0.05, 0) is 36.4 Å². The summed E-state index contributed by atoms with van der Waals surface area (Å²) in [5.74, 6) is 0.728. The summed E-state index contributed by atoms with van der Waals surface area (Å²) in [6, 6.07) is 8.32. The van der Waals surface area contributed by atoms with Crippen LogP contribution < -0.4 is 15.4 Å². The van der Waals surface area contributed by atoms with Gasteiger partial charge in [0, 0.05) is 12.6 Å². The molecule has 1 aliphatic heterocycles. The molecule has 1 atom stereocenters. The molecular weight excluding hydrogens is 300 g/mol. The van der Waals surface area contributed by atoms with Gasteiger partial charge in [-0.25, -0.2) is 0 Å². The Morgan fingerprint density at radius 2 is 2.09 bits per heavy atom. The summed E-state index contributed by atoms with van der Waals surface area (Å²) < 4.78 is 5.71. The van der Waals surface area contributed by atoms with Crippen LogP contribution in [0.15, 0.2) is 24.3 Å². The first kappa shape index (κ1) is 18.8. The molecule has 1 aliphatic rings. The minimum Gasteiger partial charge on any atom is -0.483 e. The number of para-hydroxylation sites is 1. The normalized spacial score (nSPS) is 17.7. The summed E-state index contributed by atoms with van der Waals surface area (Å²) in [6.07, 6.45) is 2.32. The van der Waals surface area contributed by atoms with Gasteiger partial charge in [-0.1, -0.05) is 39.0 Å². The van der Waals surface area contributed by atoms with Gasteiger partial charge in [0.15, 0.2) is 6.61 Å². The highest BCUT2D eigenvalue weighted by atomic mass is 35.5. The molecule has 22 heavy (non-hydrogen) atoms. The van der Waals surface area contributed by atoms with Gasteiger partial charge in [0.1, 0.15) is 5.75 Å². The summed E-state index contributed by atoms with van der Waals surface area (Å²) in [5.41, 5.74) is 1.12. The number of nitrogens with one attached hydrogen (secondary N) is 2. The van der Waals surface area contributed by atoms with Crippen LogP contribution in [0, 0.1) is 0 Å². The standard InChI is InChI=1S/C17H26N2O2.ClH/c1-17(2,3)14-8-4-5-9-15(14)21-12-16(20)19-11-13-7-6-10-18-13;/h4-5,8-9,13,18H,6-7,10-12H2,1-3H3,(H,19,20);1H. The number of halogens is 1. The van der Waals surface area contributed by atoms with Crippen molar-refractivity contribution >= 4 is 18.3 Å². The fourth-order valence-corrected chi connectivity index (χ4v) is 2.57. The van der Waals surface area contributed by atoms with E-state index in [4.69, 9.17) is 4.74 Å². The first-order chi connectivity index (χ1) is 9.97. The van der Waals surface area contributed by atoms with E-state index in [1.54, 1.807) is 0 Å². The van der Waals surface area contributed by atoms with Crippen molar-refractivity contribution < 1.29 is 9.53 Å². The molecule has 124 valence electrons. The summed E-state index contributed by atoms with van der Waals surface area (Å²) in [7, 11) is 0. The van der Waals surface area contributed by atoms with Crippen molar-refractivity contribution in [3.8, 4) is 5.75 Å². The van der Waals surface area contributed by atoms with Gasteiger partial charge >= 0.3 is 0 Å². The molecule has 1 amide bonds. The zero-order valence-electron chi connectivity index (χ0n) is 13.6. The molecule has 1 heterocycles. The molecule has 0 aliphatic carbocycles. The van der Waals surface area contributed by atoms with Gasteiger partial charge in [0.2, 0.25) is 0 Å². The lowest BCUT2D eigenvalue weighted by Crippen LogP contribution is -2.39. The van der Waals surface area contributed by atoms with Crippen LogP contribution in [0.25, 0.3) is 0 Å². The number of ether oxygens (including phenoxy) is 1. The molecule has 1 fully saturated rings. The van der Waals surface area contributed by atoms with E-state index in [9.17, 15) is 4.79 Å². The van der Waals surface area contributed by atoms with Crippen LogP contribution in [0.2, 0.25) is 0 Å². The van der Waals surface area contributed by atoms with Gasteiger partial charge in [0.25, 0.3) is 5.91 Å². The molecule has 1 saturated heterocycles. The minimum atomic E-state index is -0.0626. The van der Waals surface area contributed by atoms with Crippen molar-refractivity contribution in [2.45, 2.75) is 45.1 Å². The van der Waals surface area contributed by atoms with E-state index >= 15 is 0 Å². The van der Waals surface area contributed by atoms with Crippen LogP contribution in [0.1, 0.15) is 39.2 Å². The molecule has 0 saturated carbocycles. The number of carbonyl (C=O) groups excluding carboxylic acids is 1. The van der Waals surface area contributed by atoms with Crippen molar-refractivity contribution in [3.05, 3.63) is 29.8 Å². The van der Waals surface area contributed by atoms with E-state index in [1.165, 1.54) is 6.42 Å². The van der Waals surface area contributed by atoms with E-state index < -0.39 is 0 Å². The van der Waals surface area contributed by atoms with E-state index in [0.717, 1.165) is 24.3 Å². The molecule has 0 radical (unpaired) electrons. The smallest absolute Gasteiger partial charge is 0.257 e. The Balaban J connectivity index is 0.00000242. The molecule has 0 aromatic heterocycles. The fourth-order valence-electron chi connectivity index (χ4n) is 2.57. The highest BCUT2D eigenvalue weighted by molar-refractivity contribution is 5.85. The highest BCUT2D eigenvalue weighted by Crippen LogP contribution is 2.30. The van der Waals surface area contributed by atoms with Crippen molar-refractivity contribution in [1.82, 2.24) is 10.6 Å². The van der Waals surface area contributed by atoms with Crippen LogP contribution in [0.5, 0.6) is 5.75 Å². The molecule has 1 aromatic rings. The average molecular weight is 327 g/mol. The Morgan fingerprint density at radius 1 is 1.36 bits per heavy atom. The van der Waals surface area contributed by atoms with Crippen molar-refractivity contribution in [3.63, 3.8) is 0 Å². The Bertz CT molecular complexity index is 480. The molecule has 1 aromatic carbocycles. The van der Waals surface area contributed by atoms with E-state index in [1.807, 2.05) is 18.2 Å². The third-order valence-corrected chi connectivity index (χ3v) is 3.76. The number of rotatable bonds is 5. The van der Waals surface area contributed by atoms with Crippen LogP contribution in [-0.2, 0) is 10.2 Å². The maximum atomic E-state index is 11.9. The number of benzene rings is 1. The lowest BCUT2D eigenvalue weighted by Gasteiger charge is -2.22. The lowest BCUT2D eigenvalue weighted by molar-refractivity contribution is -0.123. The zero-order chi connectivity index (χ0) is 15.3. The molecule has 2 N–H and O–H groups in total. The molecule has 0 spiro atoms. The summed E-state index contributed by atoms with van der Waals surface area (Å²) in [6.45, 7) is 8.22. The maximum absolute atomic E-state index is 11.9. The average Bonchev–Trinajstić information content (AvgIpc) is 2.95. The first-order valence-electron chi connectivity index (χ1n) is 7.69. The second-order valence-electron chi connectivity index (χ2n) is 6.63. The van der Waals surface area contributed by atoms with Gasteiger partial charge in [0.05, 0.1) is 0 Å². The number of hydrogen-bond donors (Lipinski definition) is 2. The summed E-state index contributed by atoms with van der Waals surface area (Å²) in [4.78, 5) is 11.9. The number of carbonyl (C=O) groups is 1. The van der Waals surface area contributed by atoms with Gasteiger partial charge in [-0.15, -0.1) is 12.4 Å². The topological polar surface area (TPSA) is 50.4 Å². The van der Waals surface area contributed by atoms with Crippen molar-refractivity contribution in [2.75, 3.05) is 19.7 Å². The Hall–Kier alpha value is -1.26. The maximum Gasteiger partial charge on any atom is 0.257 e. The van der Waals surface area contributed by atoms with E-state index in [2.05, 4.69) is 37.5 Å². The third kappa shape index (κ3) is 5.50. The molecular formula is C17H27ClN2O2. The van der Waals surface area contributed by atoms with E-state index in [0.29, 0.717) is 12.6 Å². The van der Waals surface area contributed by atoms with Gasteiger partial charge in [-0.2, -0.15) is 0 Å². The predicted octanol–water partition coefficient (Wildman–Crippen LogP) is 2.65. The Labute approximate surface area is 139 Å². The Kier molecular flexibility index (Phi) is 7.17. The molecule has 4 nitrogen and oxygen atoms in total. The fraction of sp³-hybridized carbons (Fsp3) is 0.588. The monoisotopic (exact) mass is 326 g/mol. The molecule has 2 rings (SSSR count). The van der Waals surface area contributed by atoms with Crippen LogP contribution in [-0.4, -0.2) is 31.6 Å². The third-order valence-electron chi connectivity index (χ3n) is 3.76. The minimum absolute atomic E-state index is 0. The van der Waals surface area contributed by atoms with Crippen molar-refractivity contribution in [2.24, 2.45) is 0 Å². The summed E-state index contributed by atoms with van der Waals surface area (Å²) in [5, 5.41) is 6.29. The SMILES string of the molecule is CC(C)(C)c1ccccc1OCC(=O)NCC1CCCN1.Cl. The molecule has 1 unspecified atom stereocenters. The lowest BCUT2D eigenvalue weighted by atomic mass is 9.86. The van der Waals surface area contributed by atoms with E-state index in [-0.39, 0.29) is 30.3 Å². The Morgan fingerprint density at radius 3 is 2.73 bits per heavy atom. The van der Waals surface area contributed by atoms with Gasteiger partial charge in [-0.3, -0.25) is 4.79 Å². The largest absolute Gasteiger partial charge is 0.483 e. The number of hydrogen-bond acceptors (Lipinski definition) is 3. The second-order valence-corrected chi connectivity index (χ2v) is 6.63. The van der Waals surface area contributed by atoms with Crippen LogP contribution in [0.4, 0.5) is 0 Å². The quantitative estimate of drug-likeness (QED) is 0.874. The molecule has 0 bridgehead atoms. The second kappa shape index (κ2) is 8.39. The zero-order valence-corrected chi connectivity index (χ0v) is 14.5. The van der Waals surface area contributed by atoms with Crippen LogP contribution >= 0.6 is 12.4 Å². The molecule has 5 heteroatoms.